The highest BCUT2D eigenvalue weighted by Crippen LogP contribution is 2.12. The average Bonchev–Trinajstić information content (AvgIpc) is 2.69. The number of nitrogens with one attached hydrogen (secondary N) is 1. The Hall–Kier alpha value is -1.04. The Kier molecular flexibility index (Phi) is 5.65. The fraction of sp³-hybridized carbons (Fsp3) is 0.750. The molecule has 0 aliphatic carbocycles. The smallest absolute Gasteiger partial charge is 0.233 e. The molecule has 18 heavy (non-hydrogen) atoms. The van der Waals surface area contributed by atoms with Gasteiger partial charge in [-0.25, -0.2) is 0 Å². The molecule has 0 bridgehead atoms. The number of nitrogens with zero attached hydrogens (tertiary/aromatic N) is 3. The van der Waals surface area contributed by atoms with Gasteiger partial charge >= 0.3 is 0 Å². The zero-order valence-corrected chi connectivity index (χ0v) is 12.5. The predicted molar refractivity (Wildman–Crippen MR) is 74.5 cm³/mol. The van der Waals surface area contributed by atoms with E-state index in [0.717, 1.165) is 18.1 Å². The lowest BCUT2D eigenvalue weighted by atomic mass is 10.2. The normalized spacial score (nSPS) is 12.8. The van der Waals surface area contributed by atoms with Gasteiger partial charge in [0, 0.05) is 13.0 Å². The van der Waals surface area contributed by atoms with Crippen LogP contribution in [-0.2, 0) is 18.4 Å². The van der Waals surface area contributed by atoms with Gasteiger partial charge in [0.2, 0.25) is 5.91 Å². The predicted octanol–water partition coefficient (Wildman–Crippen LogP) is 1.70. The van der Waals surface area contributed by atoms with Crippen LogP contribution in [0.5, 0.6) is 0 Å². The second-order valence-electron chi connectivity index (χ2n) is 4.54. The van der Waals surface area contributed by atoms with Crippen LogP contribution >= 0.6 is 11.8 Å². The molecule has 0 aliphatic heterocycles. The van der Waals surface area contributed by atoms with Gasteiger partial charge in [-0.05, 0) is 12.7 Å². The van der Waals surface area contributed by atoms with Crippen LogP contribution in [0.4, 0.5) is 0 Å². The summed E-state index contributed by atoms with van der Waals surface area (Å²) in [5.41, 5.74) is 0. The Morgan fingerprint density at radius 1 is 1.44 bits per heavy atom. The summed E-state index contributed by atoms with van der Waals surface area (Å²) in [6.07, 6.45) is 2.79. The molecule has 0 aliphatic rings. The summed E-state index contributed by atoms with van der Waals surface area (Å²) in [7, 11) is 1.93. The van der Waals surface area contributed by atoms with E-state index in [2.05, 4.69) is 29.4 Å². The van der Waals surface area contributed by atoms with Crippen LogP contribution in [0.2, 0.25) is 0 Å². The second-order valence-corrected chi connectivity index (χ2v) is 5.58. The summed E-state index contributed by atoms with van der Waals surface area (Å²) in [5, 5.41) is 11.2. The number of hydrogen-bond donors (Lipinski definition) is 1. The third-order valence-corrected chi connectivity index (χ3v) is 4.00. The molecule has 102 valence electrons. The number of thioether (sulfide) groups is 1. The van der Waals surface area contributed by atoms with E-state index in [0.29, 0.717) is 12.5 Å². The van der Waals surface area contributed by atoms with Crippen molar-refractivity contribution in [2.24, 2.45) is 7.05 Å². The number of amides is 1. The van der Waals surface area contributed by atoms with E-state index in [1.54, 1.807) is 11.8 Å². The maximum atomic E-state index is 11.8. The minimum Gasteiger partial charge on any atom is -0.348 e. The van der Waals surface area contributed by atoms with Crippen LogP contribution in [0.15, 0.2) is 0 Å². The quantitative estimate of drug-likeness (QED) is 0.854. The molecular formula is C12H22N4OS. The summed E-state index contributed by atoms with van der Waals surface area (Å²) in [5.74, 6) is 2.14. The van der Waals surface area contributed by atoms with Crippen LogP contribution in [0.3, 0.4) is 0 Å². The van der Waals surface area contributed by atoms with E-state index >= 15 is 0 Å². The van der Waals surface area contributed by atoms with Gasteiger partial charge in [0.05, 0.1) is 11.8 Å². The van der Waals surface area contributed by atoms with Crippen molar-refractivity contribution >= 4 is 17.7 Å². The second kappa shape index (κ2) is 6.78. The highest BCUT2D eigenvalue weighted by atomic mass is 32.2. The Balaban J connectivity index is 2.61. The van der Waals surface area contributed by atoms with Crippen molar-refractivity contribution in [1.82, 2.24) is 20.1 Å². The zero-order chi connectivity index (χ0) is 13.7. The molecule has 0 saturated heterocycles. The topological polar surface area (TPSA) is 59.8 Å². The molecule has 1 rings (SSSR count). The lowest BCUT2D eigenvalue weighted by Crippen LogP contribution is -2.32. The van der Waals surface area contributed by atoms with Gasteiger partial charge in [-0.2, -0.15) is 11.8 Å². The Labute approximate surface area is 113 Å². The van der Waals surface area contributed by atoms with Gasteiger partial charge in [0.25, 0.3) is 0 Å². The van der Waals surface area contributed by atoms with Crippen molar-refractivity contribution in [3.05, 3.63) is 11.6 Å². The molecular weight excluding hydrogens is 248 g/mol. The maximum absolute atomic E-state index is 11.8. The minimum absolute atomic E-state index is 0.0165. The summed E-state index contributed by atoms with van der Waals surface area (Å²) in [6.45, 7) is 6.60. The van der Waals surface area contributed by atoms with Crippen LogP contribution in [-0.4, -0.2) is 32.2 Å². The van der Waals surface area contributed by atoms with E-state index in [-0.39, 0.29) is 11.2 Å². The number of carbonyl (C=O) groups excluding carboxylic acids is 1. The van der Waals surface area contributed by atoms with Crippen molar-refractivity contribution in [2.75, 3.05) is 6.26 Å². The molecule has 0 saturated carbocycles. The van der Waals surface area contributed by atoms with E-state index in [4.69, 9.17) is 0 Å². The first kappa shape index (κ1) is 15.0. The van der Waals surface area contributed by atoms with Crippen molar-refractivity contribution in [2.45, 2.75) is 44.9 Å². The van der Waals surface area contributed by atoms with E-state index in [9.17, 15) is 4.79 Å². The molecule has 6 heteroatoms. The number of carbonyl (C=O) groups is 1. The van der Waals surface area contributed by atoms with Gasteiger partial charge in [-0.15, -0.1) is 10.2 Å². The van der Waals surface area contributed by atoms with Crippen LogP contribution in [0.25, 0.3) is 0 Å². The van der Waals surface area contributed by atoms with E-state index < -0.39 is 0 Å². The minimum atomic E-state index is 0.0165. The summed E-state index contributed by atoms with van der Waals surface area (Å²) < 4.78 is 1.95. The Morgan fingerprint density at radius 2 is 2.11 bits per heavy atom. The standard InChI is InChI=1S/C12H22N4OS/c1-6-9(18-5)12(17)13-7-10-14-15-11(8(2)3)16(10)4/h8-9H,6-7H2,1-5H3,(H,13,17). The Morgan fingerprint density at radius 3 is 2.56 bits per heavy atom. The molecule has 0 radical (unpaired) electrons. The maximum Gasteiger partial charge on any atom is 0.233 e. The van der Waals surface area contributed by atoms with Crippen molar-refractivity contribution in [3.63, 3.8) is 0 Å². The zero-order valence-electron chi connectivity index (χ0n) is 11.7. The van der Waals surface area contributed by atoms with Gasteiger partial charge in [-0.3, -0.25) is 4.79 Å². The third kappa shape index (κ3) is 3.48. The molecule has 1 amide bonds. The lowest BCUT2D eigenvalue weighted by Gasteiger charge is -2.12. The third-order valence-electron chi connectivity index (χ3n) is 2.88. The van der Waals surface area contributed by atoms with Crippen LogP contribution in [0, 0.1) is 0 Å². The highest BCUT2D eigenvalue weighted by Gasteiger charge is 2.16. The fourth-order valence-electron chi connectivity index (χ4n) is 1.77. The molecule has 0 spiro atoms. The number of rotatable bonds is 6. The van der Waals surface area contributed by atoms with Gasteiger partial charge in [0.15, 0.2) is 5.82 Å². The molecule has 5 nitrogen and oxygen atoms in total. The highest BCUT2D eigenvalue weighted by molar-refractivity contribution is 7.99. The molecule has 1 heterocycles. The van der Waals surface area contributed by atoms with Gasteiger partial charge < -0.3 is 9.88 Å². The summed E-state index contributed by atoms with van der Waals surface area (Å²) in [4.78, 5) is 11.8. The van der Waals surface area contributed by atoms with Crippen molar-refractivity contribution in [3.8, 4) is 0 Å². The molecule has 0 fully saturated rings. The largest absolute Gasteiger partial charge is 0.348 e. The van der Waals surface area contributed by atoms with Gasteiger partial charge in [0.1, 0.15) is 5.82 Å². The molecule has 1 unspecified atom stereocenters. The van der Waals surface area contributed by atoms with Crippen LogP contribution < -0.4 is 5.32 Å². The monoisotopic (exact) mass is 270 g/mol. The first-order chi connectivity index (χ1) is 8.51. The van der Waals surface area contributed by atoms with Crippen LogP contribution in [0.1, 0.15) is 44.8 Å². The van der Waals surface area contributed by atoms with Crippen molar-refractivity contribution in [1.29, 1.82) is 0 Å². The van der Waals surface area contributed by atoms with Gasteiger partial charge in [-0.1, -0.05) is 20.8 Å². The first-order valence-corrected chi connectivity index (χ1v) is 7.48. The summed E-state index contributed by atoms with van der Waals surface area (Å²) in [6, 6.07) is 0. The molecule has 1 atom stereocenters. The van der Waals surface area contributed by atoms with E-state index in [1.165, 1.54) is 0 Å². The lowest BCUT2D eigenvalue weighted by molar-refractivity contribution is -0.120. The Bertz CT molecular complexity index is 399. The number of aromatic nitrogens is 3. The number of hydrogen-bond acceptors (Lipinski definition) is 4. The molecule has 0 aromatic carbocycles. The molecule has 1 aromatic heterocycles. The van der Waals surface area contributed by atoms with Crippen molar-refractivity contribution < 1.29 is 4.79 Å². The summed E-state index contributed by atoms with van der Waals surface area (Å²) >= 11 is 1.57. The molecule has 1 aromatic rings. The fourth-order valence-corrected chi connectivity index (χ4v) is 2.40. The SMILES string of the molecule is CCC(SC)C(=O)NCc1nnc(C(C)C)n1C. The molecule has 1 N–H and O–H groups in total. The average molecular weight is 270 g/mol. The van der Waals surface area contributed by atoms with E-state index in [1.807, 2.05) is 24.8 Å². The first-order valence-electron chi connectivity index (χ1n) is 6.19.